The van der Waals surface area contributed by atoms with E-state index in [1.54, 1.807) is 14.2 Å². The summed E-state index contributed by atoms with van der Waals surface area (Å²) in [6, 6.07) is 3.85. The highest BCUT2D eigenvalue weighted by molar-refractivity contribution is 5.73. The second-order valence-corrected chi connectivity index (χ2v) is 5.64. The van der Waals surface area contributed by atoms with Gasteiger partial charge in [-0.2, -0.15) is 0 Å². The summed E-state index contributed by atoms with van der Waals surface area (Å²) in [5.41, 5.74) is 8.44. The minimum absolute atomic E-state index is 0.430. The number of hydrogen-bond acceptors (Lipinski definition) is 4. The fourth-order valence-corrected chi connectivity index (χ4v) is 3.13. The van der Waals surface area contributed by atoms with Crippen LogP contribution in [-0.2, 0) is 0 Å². The molecular weight excluding hydrogens is 252 g/mol. The molecule has 0 atom stereocenters. The van der Waals surface area contributed by atoms with Crippen molar-refractivity contribution in [1.29, 1.82) is 0 Å². The Hall–Kier alpha value is -1.58. The van der Waals surface area contributed by atoms with Crippen LogP contribution in [-0.4, -0.2) is 27.3 Å². The molecule has 0 aromatic heterocycles. The lowest BCUT2D eigenvalue weighted by atomic mass is 9.82. The van der Waals surface area contributed by atoms with E-state index in [9.17, 15) is 0 Å². The largest absolute Gasteiger partial charge is 0.493 e. The minimum atomic E-state index is 0.430. The molecule has 1 fully saturated rings. The van der Waals surface area contributed by atoms with Gasteiger partial charge in [-0.1, -0.05) is 13.8 Å². The second-order valence-electron chi connectivity index (χ2n) is 5.64. The Morgan fingerprint density at radius 2 is 1.75 bits per heavy atom. The van der Waals surface area contributed by atoms with Gasteiger partial charge < -0.3 is 20.1 Å². The molecule has 20 heavy (non-hydrogen) atoms. The summed E-state index contributed by atoms with van der Waals surface area (Å²) in [7, 11) is 3.29. The van der Waals surface area contributed by atoms with Crippen LogP contribution < -0.4 is 20.1 Å². The van der Waals surface area contributed by atoms with Gasteiger partial charge in [0.1, 0.15) is 0 Å². The first-order chi connectivity index (χ1) is 9.59. The maximum atomic E-state index is 6.19. The van der Waals surface area contributed by atoms with Crippen molar-refractivity contribution >= 4 is 11.4 Å². The van der Waals surface area contributed by atoms with Crippen LogP contribution >= 0.6 is 0 Å². The number of nitrogen functional groups attached to an aromatic ring is 1. The predicted octanol–water partition coefficient (Wildman–Crippen LogP) is 3.30. The normalized spacial score (nSPS) is 17.3. The zero-order valence-electron chi connectivity index (χ0n) is 13.0. The third kappa shape index (κ3) is 2.51. The van der Waals surface area contributed by atoms with E-state index in [1.165, 1.54) is 19.3 Å². The number of ether oxygens (including phenoxy) is 2. The molecule has 1 aromatic rings. The van der Waals surface area contributed by atoms with Gasteiger partial charge in [-0.15, -0.1) is 0 Å². The quantitative estimate of drug-likeness (QED) is 0.840. The summed E-state index contributed by atoms with van der Waals surface area (Å²) in [4.78, 5) is 2.38. The molecule has 0 radical (unpaired) electrons. The van der Waals surface area contributed by atoms with E-state index in [1.807, 2.05) is 12.1 Å². The van der Waals surface area contributed by atoms with E-state index in [2.05, 4.69) is 18.7 Å². The summed E-state index contributed by atoms with van der Waals surface area (Å²) < 4.78 is 10.7. The van der Waals surface area contributed by atoms with Gasteiger partial charge in [0.2, 0.25) is 0 Å². The lowest BCUT2D eigenvalue weighted by molar-refractivity contribution is 0.301. The van der Waals surface area contributed by atoms with Gasteiger partial charge in [0.05, 0.1) is 25.6 Å². The highest BCUT2D eigenvalue weighted by atomic mass is 16.5. The van der Waals surface area contributed by atoms with Crippen LogP contribution in [0.3, 0.4) is 0 Å². The van der Waals surface area contributed by atoms with Gasteiger partial charge in [-0.3, -0.25) is 0 Å². The first-order valence-electron chi connectivity index (χ1n) is 7.35. The van der Waals surface area contributed by atoms with Crippen molar-refractivity contribution in [3.8, 4) is 11.5 Å². The van der Waals surface area contributed by atoms with Crippen LogP contribution in [0.1, 0.15) is 33.1 Å². The van der Waals surface area contributed by atoms with E-state index in [-0.39, 0.29) is 0 Å². The Labute approximate surface area is 121 Å². The zero-order chi connectivity index (χ0) is 14.8. The first kappa shape index (κ1) is 14.8. The number of anilines is 2. The molecule has 0 saturated carbocycles. The van der Waals surface area contributed by atoms with Crippen LogP contribution in [0.4, 0.5) is 11.4 Å². The van der Waals surface area contributed by atoms with Crippen molar-refractivity contribution in [3.63, 3.8) is 0 Å². The SMILES string of the molecule is CCC1(CC)CCN(c2cc(OC)c(OC)cc2N)C1. The van der Waals surface area contributed by atoms with Gasteiger partial charge in [-0.25, -0.2) is 0 Å². The van der Waals surface area contributed by atoms with Gasteiger partial charge >= 0.3 is 0 Å². The lowest BCUT2D eigenvalue weighted by Gasteiger charge is -2.28. The summed E-state index contributed by atoms with van der Waals surface area (Å²) in [6.07, 6.45) is 3.66. The molecule has 0 bridgehead atoms. The van der Waals surface area contributed by atoms with Crippen LogP contribution in [0.2, 0.25) is 0 Å². The van der Waals surface area contributed by atoms with Gasteiger partial charge in [-0.05, 0) is 24.7 Å². The molecule has 0 amide bonds. The Kier molecular flexibility index (Phi) is 4.31. The van der Waals surface area contributed by atoms with Crippen LogP contribution in [0, 0.1) is 5.41 Å². The van der Waals surface area contributed by atoms with Gasteiger partial charge in [0, 0.05) is 25.2 Å². The van der Waals surface area contributed by atoms with E-state index >= 15 is 0 Å². The summed E-state index contributed by atoms with van der Waals surface area (Å²) in [5.74, 6) is 1.42. The average molecular weight is 278 g/mol. The van der Waals surface area contributed by atoms with Gasteiger partial charge in [0.15, 0.2) is 11.5 Å². The molecule has 0 spiro atoms. The summed E-state index contributed by atoms with van der Waals surface area (Å²) in [5, 5.41) is 0. The summed E-state index contributed by atoms with van der Waals surface area (Å²) in [6.45, 7) is 6.69. The average Bonchev–Trinajstić information content (AvgIpc) is 2.91. The number of nitrogens with two attached hydrogens (primary N) is 1. The van der Waals surface area contributed by atoms with E-state index in [0.717, 1.165) is 30.2 Å². The Morgan fingerprint density at radius 1 is 1.15 bits per heavy atom. The fraction of sp³-hybridized carbons (Fsp3) is 0.625. The number of rotatable bonds is 5. The van der Waals surface area contributed by atoms with Crippen molar-refractivity contribution in [2.24, 2.45) is 5.41 Å². The molecule has 0 aliphatic carbocycles. The highest BCUT2D eigenvalue weighted by Crippen LogP contribution is 2.43. The topological polar surface area (TPSA) is 47.7 Å². The molecule has 1 saturated heterocycles. The maximum Gasteiger partial charge on any atom is 0.162 e. The number of hydrogen-bond donors (Lipinski definition) is 1. The van der Waals surface area contributed by atoms with Crippen molar-refractivity contribution in [2.75, 3.05) is 37.9 Å². The van der Waals surface area contributed by atoms with Crippen LogP contribution in [0.25, 0.3) is 0 Å². The predicted molar refractivity (Wildman–Crippen MR) is 83.8 cm³/mol. The number of benzene rings is 1. The molecule has 2 rings (SSSR count). The van der Waals surface area contributed by atoms with Crippen molar-refractivity contribution in [1.82, 2.24) is 0 Å². The standard InChI is InChI=1S/C16H26N2O2/c1-5-16(6-2)7-8-18(11-16)13-10-15(20-4)14(19-3)9-12(13)17/h9-10H,5-8,11,17H2,1-4H3. The molecular formula is C16H26N2O2. The Morgan fingerprint density at radius 3 is 2.25 bits per heavy atom. The fourth-order valence-electron chi connectivity index (χ4n) is 3.13. The first-order valence-corrected chi connectivity index (χ1v) is 7.35. The van der Waals surface area contributed by atoms with Crippen molar-refractivity contribution in [2.45, 2.75) is 33.1 Å². The molecule has 1 aliphatic rings. The zero-order valence-corrected chi connectivity index (χ0v) is 13.0. The smallest absolute Gasteiger partial charge is 0.162 e. The van der Waals surface area contributed by atoms with E-state index in [4.69, 9.17) is 15.2 Å². The number of nitrogens with zero attached hydrogens (tertiary/aromatic N) is 1. The van der Waals surface area contributed by atoms with Crippen molar-refractivity contribution < 1.29 is 9.47 Å². The summed E-state index contributed by atoms with van der Waals surface area (Å²) >= 11 is 0. The Balaban J connectivity index is 2.30. The molecule has 2 N–H and O–H groups in total. The molecule has 4 nitrogen and oxygen atoms in total. The third-order valence-corrected chi connectivity index (χ3v) is 4.81. The molecule has 4 heteroatoms. The Bertz CT molecular complexity index is 470. The molecule has 112 valence electrons. The number of methoxy groups -OCH3 is 2. The molecule has 1 aromatic carbocycles. The maximum absolute atomic E-state index is 6.19. The van der Waals surface area contributed by atoms with Crippen LogP contribution in [0.5, 0.6) is 11.5 Å². The minimum Gasteiger partial charge on any atom is -0.493 e. The molecule has 1 aliphatic heterocycles. The lowest BCUT2D eigenvalue weighted by Crippen LogP contribution is -2.26. The van der Waals surface area contributed by atoms with Crippen LogP contribution in [0.15, 0.2) is 12.1 Å². The van der Waals surface area contributed by atoms with E-state index in [0.29, 0.717) is 11.2 Å². The van der Waals surface area contributed by atoms with Crippen molar-refractivity contribution in [3.05, 3.63) is 12.1 Å². The molecule has 1 heterocycles. The third-order valence-electron chi connectivity index (χ3n) is 4.81. The van der Waals surface area contributed by atoms with Gasteiger partial charge in [0.25, 0.3) is 0 Å². The second kappa shape index (κ2) is 5.81. The van der Waals surface area contributed by atoms with E-state index < -0.39 is 0 Å². The highest BCUT2D eigenvalue weighted by Gasteiger charge is 2.35. The molecule has 0 unspecified atom stereocenters. The monoisotopic (exact) mass is 278 g/mol.